The summed E-state index contributed by atoms with van der Waals surface area (Å²) in [6, 6.07) is 0. The fraction of sp³-hybridized carbons (Fsp3) is 1.00. The van der Waals surface area contributed by atoms with E-state index >= 15 is 0 Å². The Morgan fingerprint density at radius 2 is 1.09 bits per heavy atom. The molecule has 2 atom stereocenters. The summed E-state index contributed by atoms with van der Waals surface area (Å²) in [6.45, 7) is 6.51. The first-order valence-corrected chi connectivity index (χ1v) is 11.6. The van der Waals surface area contributed by atoms with Gasteiger partial charge in [-0.15, -0.1) is 0 Å². The zero-order valence-corrected chi connectivity index (χ0v) is 17.1. The summed E-state index contributed by atoms with van der Waals surface area (Å²) in [5.74, 6) is 1.24. The van der Waals surface area contributed by atoms with Gasteiger partial charge >= 0.3 is 0 Å². The van der Waals surface area contributed by atoms with Gasteiger partial charge in [0.2, 0.25) is 0 Å². The molecule has 0 aliphatic heterocycles. The van der Waals surface area contributed by atoms with Crippen molar-refractivity contribution in [3.05, 3.63) is 0 Å². The summed E-state index contributed by atoms with van der Waals surface area (Å²) in [5.41, 5.74) is 0. The first kappa shape index (κ1) is 23.3. The Balaban J connectivity index is 3.38. The van der Waals surface area contributed by atoms with Crippen LogP contribution in [0, 0.1) is 0 Å². The molecule has 0 saturated heterocycles. The summed E-state index contributed by atoms with van der Waals surface area (Å²) >= 11 is 2.02. The number of hydrogen-bond donors (Lipinski definition) is 1. The maximum absolute atomic E-state index is 9.91. The Morgan fingerprint density at radius 3 is 1.57 bits per heavy atom. The van der Waals surface area contributed by atoms with Crippen LogP contribution in [-0.2, 0) is 0 Å². The number of rotatable bonds is 18. The molecule has 0 fully saturated rings. The van der Waals surface area contributed by atoms with Crippen LogP contribution in [-0.4, -0.2) is 22.2 Å². The largest absolute Gasteiger partial charge is 0.392 e. The van der Waals surface area contributed by atoms with Gasteiger partial charge in [-0.1, -0.05) is 97.3 Å². The molecular formula is C21H44OS. The number of aliphatic hydroxyl groups is 1. The van der Waals surface area contributed by atoms with Gasteiger partial charge in [0.25, 0.3) is 0 Å². The zero-order valence-electron chi connectivity index (χ0n) is 16.3. The van der Waals surface area contributed by atoms with Gasteiger partial charge in [-0.3, -0.25) is 0 Å². The normalized spacial score (nSPS) is 14.1. The lowest BCUT2D eigenvalue weighted by Crippen LogP contribution is -2.19. The highest BCUT2D eigenvalue weighted by molar-refractivity contribution is 7.99. The van der Waals surface area contributed by atoms with Crippen LogP contribution in [0.4, 0.5) is 0 Å². The maximum atomic E-state index is 9.91. The Hall–Kier alpha value is 0.310. The van der Waals surface area contributed by atoms with Crippen LogP contribution in [0.5, 0.6) is 0 Å². The molecule has 0 amide bonds. The molecule has 0 bridgehead atoms. The van der Waals surface area contributed by atoms with Crippen LogP contribution >= 0.6 is 11.8 Å². The van der Waals surface area contributed by atoms with Crippen molar-refractivity contribution in [2.45, 2.75) is 128 Å². The van der Waals surface area contributed by atoms with E-state index in [4.69, 9.17) is 0 Å². The van der Waals surface area contributed by atoms with Crippen LogP contribution in [0.1, 0.15) is 117 Å². The molecule has 0 saturated carbocycles. The lowest BCUT2D eigenvalue weighted by Gasteiger charge is -2.19. The number of thioether (sulfide) groups is 1. The molecule has 2 unspecified atom stereocenters. The van der Waals surface area contributed by atoms with Crippen molar-refractivity contribution in [3.8, 4) is 0 Å². The molecule has 1 nitrogen and oxygen atoms in total. The fourth-order valence-corrected chi connectivity index (χ4v) is 4.35. The first-order chi connectivity index (χ1) is 11.2. The van der Waals surface area contributed by atoms with Gasteiger partial charge in [0.15, 0.2) is 0 Å². The van der Waals surface area contributed by atoms with E-state index < -0.39 is 0 Å². The first-order valence-electron chi connectivity index (χ1n) is 10.5. The second-order valence-electron chi connectivity index (χ2n) is 7.18. The molecule has 0 heterocycles. The molecule has 2 heteroatoms. The van der Waals surface area contributed by atoms with Crippen molar-refractivity contribution >= 4 is 11.8 Å². The molecule has 0 aromatic carbocycles. The zero-order chi connectivity index (χ0) is 17.2. The average Bonchev–Trinajstić information content (AvgIpc) is 2.54. The number of hydrogen-bond acceptors (Lipinski definition) is 2. The van der Waals surface area contributed by atoms with Crippen molar-refractivity contribution in [2.24, 2.45) is 0 Å². The van der Waals surface area contributed by atoms with E-state index in [1.54, 1.807) is 0 Å². The van der Waals surface area contributed by atoms with E-state index in [-0.39, 0.29) is 6.10 Å². The topological polar surface area (TPSA) is 20.2 Å². The number of aliphatic hydroxyl groups excluding tert-OH is 1. The van der Waals surface area contributed by atoms with Gasteiger partial charge in [-0.05, 0) is 25.5 Å². The van der Waals surface area contributed by atoms with Crippen LogP contribution < -0.4 is 0 Å². The summed E-state index contributed by atoms with van der Waals surface area (Å²) in [4.78, 5) is 0. The highest BCUT2D eigenvalue weighted by Crippen LogP contribution is 2.23. The Morgan fingerprint density at radius 1 is 0.652 bits per heavy atom. The van der Waals surface area contributed by atoms with E-state index in [1.165, 1.54) is 102 Å². The standard InChI is InChI=1S/C21H44OS/c1-4-6-8-10-11-12-13-14-15-17-19-23-21(20(3)22)18-16-9-7-5-2/h20-22H,4-19H2,1-3H3. The quantitative estimate of drug-likeness (QED) is 0.262. The van der Waals surface area contributed by atoms with Crippen molar-refractivity contribution in [2.75, 3.05) is 5.75 Å². The van der Waals surface area contributed by atoms with Gasteiger partial charge in [-0.25, -0.2) is 0 Å². The second-order valence-corrected chi connectivity index (χ2v) is 8.53. The monoisotopic (exact) mass is 344 g/mol. The minimum Gasteiger partial charge on any atom is -0.392 e. The van der Waals surface area contributed by atoms with Gasteiger partial charge in [0, 0.05) is 5.25 Å². The molecule has 0 aliphatic rings. The van der Waals surface area contributed by atoms with Crippen LogP contribution in [0.25, 0.3) is 0 Å². The highest BCUT2D eigenvalue weighted by atomic mass is 32.2. The SMILES string of the molecule is CCCCCCCCCCCCSC(CCCCCC)C(C)O. The maximum Gasteiger partial charge on any atom is 0.0630 e. The molecule has 0 aliphatic carbocycles. The third kappa shape index (κ3) is 16.9. The summed E-state index contributed by atoms with van der Waals surface area (Å²) < 4.78 is 0. The van der Waals surface area contributed by atoms with Crippen molar-refractivity contribution < 1.29 is 5.11 Å². The molecule has 140 valence electrons. The molecule has 0 aromatic heterocycles. The van der Waals surface area contributed by atoms with Gasteiger partial charge in [0.05, 0.1) is 6.10 Å². The van der Waals surface area contributed by atoms with Crippen LogP contribution in [0.2, 0.25) is 0 Å². The highest BCUT2D eigenvalue weighted by Gasteiger charge is 2.14. The van der Waals surface area contributed by atoms with E-state index in [9.17, 15) is 5.11 Å². The predicted octanol–water partition coefficient (Wildman–Crippen LogP) is 7.36. The summed E-state index contributed by atoms with van der Waals surface area (Å²) in [5, 5.41) is 10.4. The van der Waals surface area contributed by atoms with Crippen LogP contribution in [0.3, 0.4) is 0 Å². The molecule has 23 heavy (non-hydrogen) atoms. The average molecular weight is 345 g/mol. The Kier molecular flexibility index (Phi) is 18.9. The second kappa shape index (κ2) is 18.6. The predicted molar refractivity (Wildman–Crippen MR) is 109 cm³/mol. The van der Waals surface area contributed by atoms with Crippen molar-refractivity contribution in [3.63, 3.8) is 0 Å². The minimum atomic E-state index is -0.148. The summed E-state index contributed by atoms with van der Waals surface area (Å²) in [6.07, 6.45) is 20.4. The third-order valence-corrected chi connectivity index (χ3v) is 6.29. The van der Waals surface area contributed by atoms with Gasteiger partial charge in [-0.2, -0.15) is 11.8 Å². The molecule has 0 rings (SSSR count). The van der Waals surface area contributed by atoms with E-state index in [1.807, 2.05) is 18.7 Å². The van der Waals surface area contributed by atoms with Crippen molar-refractivity contribution in [1.29, 1.82) is 0 Å². The van der Waals surface area contributed by atoms with E-state index in [0.717, 1.165) is 0 Å². The molecule has 0 aromatic rings. The van der Waals surface area contributed by atoms with E-state index in [0.29, 0.717) is 5.25 Å². The van der Waals surface area contributed by atoms with E-state index in [2.05, 4.69) is 13.8 Å². The smallest absolute Gasteiger partial charge is 0.0630 e. The van der Waals surface area contributed by atoms with Crippen molar-refractivity contribution in [1.82, 2.24) is 0 Å². The van der Waals surface area contributed by atoms with Gasteiger partial charge < -0.3 is 5.11 Å². The third-order valence-electron chi connectivity index (χ3n) is 4.71. The molecular weight excluding hydrogens is 300 g/mol. The van der Waals surface area contributed by atoms with Crippen LogP contribution in [0.15, 0.2) is 0 Å². The molecule has 0 radical (unpaired) electrons. The summed E-state index contributed by atoms with van der Waals surface area (Å²) in [7, 11) is 0. The molecule has 1 N–H and O–H groups in total. The number of unbranched alkanes of at least 4 members (excludes halogenated alkanes) is 12. The molecule has 0 spiro atoms. The Bertz CT molecular complexity index is 218. The van der Waals surface area contributed by atoms with Gasteiger partial charge in [0.1, 0.15) is 0 Å². The minimum absolute atomic E-state index is 0.148. The Labute approximate surface area is 151 Å². The lowest BCUT2D eigenvalue weighted by molar-refractivity contribution is 0.186. The fourth-order valence-electron chi connectivity index (χ4n) is 3.06. The lowest BCUT2D eigenvalue weighted by atomic mass is 10.1.